The normalized spacial score (nSPS) is 13.0. The lowest BCUT2D eigenvalue weighted by molar-refractivity contribution is 0.913. The molecular formula is C17H12Cl2N4. The summed E-state index contributed by atoms with van der Waals surface area (Å²) >= 11 is 12.0. The first kappa shape index (κ1) is 14.3. The number of hydrogen-bond donors (Lipinski definition) is 1. The molecule has 2 aromatic heterocycles. The molecule has 6 heteroatoms. The summed E-state index contributed by atoms with van der Waals surface area (Å²) in [5.41, 5.74) is 3.98. The summed E-state index contributed by atoms with van der Waals surface area (Å²) in [5.74, 6) is 0.770. The number of anilines is 1. The zero-order valence-electron chi connectivity index (χ0n) is 12.0. The summed E-state index contributed by atoms with van der Waals surface area (Å²) in [7, 11) is 0. The van der Waals surface area contributed by atoms with Gasteiger partial charge in [-0.1, -0.05) is 47.5 Å². The van der Waals surface area contributed by atoms with Gasteiger partial charge in [0, 0.05) is 12.1 Å². The average Bonchev–Trinajstić information content (AvgIpc) is 2.90. The predicted octanol–water partition coefficient (Wildman–Crippen LogP) is 4.60. The second kappa shape index (κ2) is 5.72. The molecule has 1 aliphatic carbocycles. The van der Waals surface area contributed by atoms with Gasteiger partial charge in [0.15, 0.2) is 5.65 Å². The molecule has 3 aromatic rings. The van der Waals surface area contributed by atoms with E-state index in [4.69, 9.17) is 23.2 Å². The molecule has 114 valence electrons. The van der Waals surface area contributed by atoms with Gasteiger partial charge >= 0.3 is 0 Å². The first-order chi connectivity index (χ1) is 11.2. The lowest BCUT2D eigenvalue weighted by atomic mass is 10.1. The molecule has 1 aromatic carbocycles. The summed E-state index contributed by atoms with van der Waals surface area (Å²) < 4.78 is 1.84. The van der Waals surface area contributed by atoms with E-state index in [1.807, 2.05) is 53.2 Å². The van der Waals surface area contributed by atoms with Crippen molar-refractivity contribution in [1.29, 1.82) is 0 Å². The Morgan fingerprint density at radius 2 is 1.96 bits per heavy atom. The van der Waals surface area contributed by atoms with Crippen molar-refractivity contribution in [3.8, 4) is 0 Å². The molecule has 4 nitrogen and oxygen atoms in total. The fourth-order valence-electron chi connectivity index (χ4n) is 2.37. The zero-order valence-corrected chi connectivity index (χ0v) is 13.5. The fraction of sp³-hybridized carbons (Fsp3) is 0.0588. The van der Waals surface area contributed by atoms with Crippen LogP contribution in [0.1, 0.15) is 11.3 Å². The molecule has 0 aliphatic heterocycles. The van der Waals surface area contributed by atoms with Crippen molar-refractivity contribution in [2.75, 3.05) is 5.32 Å². The monoisotopic (exact) mass is 342 g/mol. The maximum atomic E-state index is 6.04. The van der Waals surface area contributed by atoms with E-state index in [2.05, 4.69) is 15.4 Å². The maximum absolute atomic E-state index is 6.04. The van der Waals surface area contributed by atoms with Crippen molar-refractivity contribution in [3.63, 3.8) is 0 Å². The van der Waals surface area contributed by atoms with Crippen molar-refractivity contribution < 1.29 is 0 Å². The zero-order chi connectivity index (χ0) is 15.8. The standard InChI is InChI=1S/C17H12Cl2N4/c18-13-5-4-11(8-14(13)19)9-20-16-6-7-17-21-10-15(23(17)22-16)12-2-1-3-12/h1-8,10H,9H2,(H,20,22). The van der Waals surface area contributed by atoms with E-state index < -0.39 is 0 Å². The van der Waals surface area contributed by atoms with Gasteiger partial charge in [-0.3, -0.25) is 0 Å². The minimum Gasteiger partial charge on any atom is -0.365 e. The highest BCUT2D eigenvalue weighted by molar-refractivity contribution is 6.42. The summed E-state index contributed by atoms with van der Waals surface area (Å²) in [6, 6.07) is 9.43. The van der Waals surface area contributed by atoms with Gasteiger partial charge in [-0.25, -0.2) is 9.50 Å². The van der Waals surface area contributed by atoms with E-state index in [0.717, 1.165) is 28.3 Å². The summed E-state index contributed by atoms with van der Waals surface area (Å²) in [5, 5.41) is 9.00. The molecule has 0 spiro atoms. The molecule has 0 unspecified atom stereocenters. The van der Waals surface area contributed by atoms with Crippen LogP contribution in [0.5, 0.6) is 0 Å². The van der Waals surface area contributed by atoms with Gasteiger partial charge in [0.1, 0.15) is 5.82 Å². The second-order valence-electron chi connectivity index (χ2n) is 5.22. The minimum atomic E-state index is 0.551. The fourth-order valence-corrected chi connectivity index (χ4v) is 2.69. The topological polar surface area (TPSA) is 42.2 Å². The Morgan fingerprint density at radius 3 is 2.70 bits per heavy atom. The van der Waals surface area contributed by atoms with Crippen LogP contribution in [0.3, 0.4) is 0 Å². The molecule has 0 saturated heterocycles. The van der Waals surface area contributed by atoms with Crippen molar-refractivity contribution >= 4 is 40.2 Å². The lowest BCUT2D eigenvalue weighted by Crippen LogP contribution is -2.05. The molecular weight excluding hydrogens is 331 g/mol. The van der Waals surface area contributed by atoms with Crippen LogP contribution in [0.15, 0.2) is 54.8 Å². The van der Waals surface area contributed by atoms with E-state index in [9.17, 15) is 0 Å². The van der Waals surface area contributed by atoms with E-state index in [1.54, 1.807) is 6.07 Å². The van der Waals surface area contributed by atoms with Crippen LogP contribution >= 0.6 is 23.2 Å². The van der Waals surface area contributed by atoms with E-state index >= 15 is 0 Å². The minimum absolute atomic E-state index is 0.551. The first-order valence-corrected chi connectivity index (χ1v) is 7.88. The molecule has 1 N–H and O–H groups in total. The molecule has 0 bridgehead atoms. The molecule has 0 saturated carbocycles. The molecule has 23 heavy (non-hydrogen) atoms. The highest BCUT2D eigenvalue weighted by Crippen LogP contribution is 2.24. The number of imidazole rings is 1. The molecule has 2 heterocycles. The first-order valence-electron chi connectivity index (χ1n) is 7.12. The van der Waals surface area contributed by atoms with Crippen molar-refractivity contribution in [3.05, 3.63) is 76.1 Å². The number of benzene rings is 1. The average molecular weight is 343 g/mol. The van der Waals surface area contributed by atoms with Gasteiger partial charge in [0.25, 0.3) is 0 Å². The third kappa shape index (κ3) is 2.71. The quantitative estimate of drug-likeness (QED) is 0.753. The third-order valence-electron chi connectivity index (χ3n) is 3.67. The van der Waals surface area contributed by atoms with Crippen LogP contribution in [0, 0.1) is 0 Å². The van der Waals surface area contributed by atoms with Crippen LogP contribution in [0.25, 0.3) is 11.2 Å². The van der Waals surface area contributed by atoms with Gasteiger partial charge in [-0.15, -0.1) is 5.10 Å². The second-order valence-corrected chi connectivity index (χ2v) is 6.03. The Bertz CT molecular complexity index is 956. The SMILES string of the molecule is Clc1ccc(CNc2ccc3ncc(C4=CC=C4)n3n2)cc1Cl. The Labute approximate surface area is 143 Å². The molecule has 0 amide bonds. The molecule has 0 fully saturated rings. The highest BCUT2D eigenvalue weighted by Gasteiger charge is 2.10. The van der Waals surface area contributed by atoms with Gasteiger partial charge < -0.3 is 5.32 Å². The lowest BCUT2D eigenvalue weighted by Gasteiger charge is -2.09. The molecule has 0 atom stereocenters. The smallest absolute Gasteiger partial charge is 0.154 e. The van der Waals surface area contributed by atoms with Crippen LogP contribution < -0.4 is 5.32 Å². The Hall–Kier alpha value is -2.30. The number of aromatic nitrogens is 3. The highest BCUT2D eigenvalue weighted by atomic mass is 35.5. The number of nitrogens with one attached hydrogen (secondary N) is 1. The number of fused-ring (bicyclic) bond motifs is 1. The number of nitrogens with zero attached hydrogens (tertiary/aromatic N) is 3. The number of rotatable bonds is 4. The molecule has 1 aliphatic rings. The van der Waals surface area contributed by atoms with E-state index in [0.29, 0.717) is 16.6 Å². The molecule has 0 radical (unpaired) electrons. The Balaban J connectivity index is 1.57. The summed E-state index contributed by atoms with van der Waals surface area (Å²) in [6.07, 6.45) is 7.92. The predicted molar refractivity (Wildman–Crippen MR) is 93.9 cm³/mol. The van der Waals surface area contributed by atoms with Gasteiger partial charge in [0.05, 0.1) is 21.9 Å². The maximum Gasteiger partial charge on any atom is 0.154 e. The van der Waals surface area contributed by atoms with Crippen molar-refractivity contribution in [2.45, 2.75) is 6.54 Å². The van der Waals surface area contributed by atoms with Gasteiger partial charge in [-0.2, -0.15) is 0 Å². The Kier molecular flexibility index (Phi) is 3.56. The Morgan fingerprint density at radius 1 is 1.09 bits per heavy atom. The van der Waals surface area contributed by atoms with Crippen LogP contribution in [0.2, 0.25) is 10.0 Å². The van der Waals surface area contributed by atoms with E-state index in [-0.39, 0.29) is 0 Å². The number of halogens is 2. The third-order valence-corrected chi connectivity index (χ3v) is 4.41. The van der Waals surface area contributed by atoms with Gasteiger partial charge in [-0.05, 0) is 29.8 Å². The van der Waals surface area contributed by atoms with Crippen LogP contribution in [0.4, 0.5) is 5.82 Å². The number of allylic oxidation sites excluding steroid dienone is 4. The van der Waals surface area contributed by atoms with E-state index in [1.165, 1.54) is 0 Å². The van der Waals surface area contributed by atoms with Crippen molar-refractivity contribution in [2.24, 2.45) is 0 Å². The van der Waals surface area contributed by atoms with Crippen LogP contribution in [-0.2, 0) is 6.54 Å². The van der Waals surface area contributed by atoms with Crippen molar-refractivity contribution in [1.82, 2.24) is 14.6 Å². The van der Waals surface area contributed by atoms with Crippen LogP contribution in [-0.4, -0.2) is 14.6 Å². The molecule has 4 rings (SSSR count). The summed E-state index contributed by atoms with van der Waals surface area (Å²) in [6.45, 7) is 0.613. The number of hydrogen-bond acceptors (Lipinski definition) is 3. The summed E-state index contributed by atoms with van der Waals surface area (Å²) in [4.78, 5) is 4.37. The largest absolute Gasteiger partial charge is 0.365 e. The van der Waals surface area contributed by atoms with Gasteiger partial charge in [0.2, 0.25) is 0 Å².